The minimum absolute atomic E-state index is 0.0218. The van der Waals surface area contributed by atoms with E-state index in [1.165, 1.54) is 12.1 Å². The SMILES string of the molecule is Cc1ccc(NC(=O)NCC#Cc2cccc(C(F)(F)F)c2)cc1. The van der Waals surface area contributed by atoms with Gasteiger partial charge < -0.3 is 10.6 Å². The molecule has 6 heteroatoms. The largest absolute Gasteiger partial charge is 0.416 e. The maximum atomic E-state index is 12.6. The summed E-state index contributed by atoms with van der Waals surface area (Å²) in [4.78, 5) is 11.7. The summed E-state index contributed by atoms with van der Waals surface area (Å²) in [6.45, 7) is 1.96. The van der Waals surface area contributed by atoms with E-state index < -0.39 is 17.8 Å². The molecule has 2 amide bonds. The van der Waals surface area contributed by atoms with Crippen molar-refractivity contribution in [3.05, 3.63) is 65.2 Å². The Balaban J connectivity index is 1.87. The number of carbonyl (C=O) groups excluding carboxylic acids is 1. The molecule has 24 heavy (non-hydrogen) atoms. The van der Waals surface area contributed by atoms with Crippen LogP contribution in [-0.2, 0) is 6.18 Å². The quantitative estimate of drug-likeness (QED) is 0.796. The van der Waals surface area contributed by atoms with Crippen LogP contribution in [0.15, 0.2) is 48.5 Å². The molecule has 0 unspecified atom stereocenters. The van der Waals surface area contributed by atoms with E-state index >= 15 is 0 Å². The highest BCUT2D eigenvalue weighted by Crippen LogP contribution is 2.29. The molecule has 3 nitrogen and oxygen atoms in total. The van der Waals surface area contributed by atoms with Crippen LogP contribution >= 0.6 is 0 Å². The van der Waals surface area contributed by atoms with E-state index in [1.54, 1.807) is 12.1 Å². The second-order valence-corrected chi connectivity index (χ2v) is 5.05. The summed E-state index contributed by atoms with van der Waals surface area (Å²) in [5.41, 5.74) is 1.21. The van der Waals surface area contributed by atoms with Crippen molar-refractivity contribution in [1.82, 2.24) is 5.32 Å². The fourth-order valence-corrected chi connectivity index (χ4v) is 1.86. The van der Waals surface area contributed by atoms with Gasteiger partial charge in [0.2, 0.25) is 0 Å². The number of aryl methyl sites for hydroxylation is 1. The molecule has 0 spiro atoms. The lowest BCUT2D eigenvalue weighted by atomic mass is 10.1. The number of halogens is 3. The second-order valence-electron chi connectivity index (χ2n) is 5.05. The molecule has 0 heterocycles. The van der Waals surface area contributed by atoms with E-state index in [0.29, 0.717) is 5.69 Å². The predicted octanol–water partition coefficient (Wildman–Crippen LogP) is 4.19. The first-order valence-corrected chi connectivity index (χ1v) is 7.12. The number of nitrogens with one attached hydrogen (secondary N) is 2. The van der Waals surface area contributed by atoms with Crippen LogP contribution in [0, 0.1) is 18.8 Å². The van der Waals surface area contributed by atoms with Gasteiger partial charge in [0.05, 0.1) is 12.1 Å². The summed E-state index contributed by atoms with van der Waals surface area (Å²) >= 11 is 0. The van der Waals surface area contributed by atoms with Gasteiger partial charge in [-0.25, -0.2) is 4.79 Å². The number of hydrogen-bond acceptors (Lipinski definition) is 1. The van der Waals surface area contributed by atoms with E-state index in [2.05, 4.69) is 22.5 Å². The van der Waals surface area contributed by atoms with Crippen LogP contribution in [0.4, 0.5) is 23.7 Å². The number of amides is 2. The van der Waals surface area contributed by atoms with Crippen molar-refractivity contribution in [1.29, 1.82) is 0 Å². The van der Waals surface area contributed by atoms with Crippen LogP contribution in [-0.4, -0.2) is 12.6 Å². The molecule has 2 aromatic carbocycles. The molecular weight excluding hydrogens is 317 g/mol. The minimum atomic E-state index is -4.40. The molecule has 0 aliphatic heterocycles. The van der Waals surface area contributed by atoms with Gasteiger partial charge in [0.15, 0.2) is 0 Å². The van der Waals surface area contributed by atoms with Crippen LogP contribution in [0.1, 0.15) is 16.7 Å². The first-order valence-electron chi connectivity index (χ1n) is 7.12. The van der Waals surface area contributed by atoms with Crippen LogP contribution in [0.2, 0.25) is 0 Å². The highest BCUT2D eigenvalue weighted by Gasteiger charge is 2.30. The Bertz CT molecular complexity index is 771. The maximum absolute atomic E-state index is 12.6. The Labute approximate surface area is 137 Å². The van der Waals surface area contributed by atoms with Crippen molar-refractivity contribution in [3.8, 4) is 11.8 Å². The van der Waals surface area contributed by atoms with Gasteiger partial charge in [-0.2, -0.15) is 13.2 Å². The van der Waals surface area contributed by atoms with Crippen molar-refractivity contribution < 1.29 is 18.0 Å². The number of alkyl halides is 3. The minimum Gasteiger partial charge on any atom is -0.327 e. The van der Waals surface area contributed by atoms with Crippen LogP contribution in [0.25, 0.3) is 0 Å². The Kier molecular flexibility index (Phi) is 5.48. The Hall–Kier alpha value is -2.94. The van der Waals surface area contributed by atoms with E-state index in [1.807, 2.05) is 19.1 Å². The average Bonchev–Trinajstić information content (AvgIpc) is 2.53. The maximum Gasteiger partial charge on any atom is 0.416 e. The fraction of sp³-hybridized carbons (Fsp3) is 0.167. The van der Waals surface area contributed by atoms with Gasteiger partial charge in [-0.1, -0.05) is 35.6 Å². The zero-order chi connectivity index (χ0) is 17.6. The molecule has 0 aliphatic carbocycles. The topological polar surface area (TPSA) is 41.1 Å². The predicted molar refractivity (Wildman–Crippen MR) is 86.5 cm³/mol. The lowest BCUT2D eigenvalue weighted by Crippen LogP contribution is -2.28. The van der Waals surface area contributed by atoms with E-state index in [9.17, 15) is 18.0 Å². The molecule has 0 saturated carbocycles. The molecule has 0 atom stereocenters. The number of urea groups is 1. The summed E-state index contributed by atoms with van der Waals surface area (Å²) < 4.78 is 37.7. The van der Waals surface area contributed by atoms with Crippen molar-refractivity contribution in [3.63, 3.8) is 0 Å². The van der Waals surface area contributed by atoms with Gasteiger partial charge in [-0.15, -0.1) is 0 Å². The summed E-state index contributed by atoms with van der Waals surface area (Å²) in [5, 5.41) is 5.15. The molecule has 2 aromatic rings. The van der Waals surface area contributed by atoms with Gasteiger partial charge in [-0.05, 0) is 37.3 Å². The lowest BCUT2D eigenvalue weighted by molar-refractivity contribution is -0.137. The van der Waals surface area contributed by atoms with E-state index in [-0.39, 0.29) is 12.1 Å². The summed E-state index contributed by atoms with van der Waals surface area (Å²) in [6, 6.07) is 11.6. The summed E-state index contributed by atoms with van der Waals surface area (Å²) in [5.74, 6) is 5.21. The normalized spacial score (nSPS) is 10.5. The first-order chi connectivity index (χ1) is 11.3. The molecular formula is C18H15F3N2O. The second kappa shape index (κ2) is 7.55. The van der Waals surface area contributed by atoms with Gasteiger partial charge in [0, 0.05) is 11.3 Å². The monoisotopic (exact) mass is 332 g/mol. The number of benzene rings is 2. The molecule has 2 N–H and O–H groups in total. The number of carbonyl (C=O) groups is 1. The molecule has 0 fully saturated rings. The third-order valence-electron chi connectivity index (χ3n) is 3.07. The Morgan fingerprint density at radius 2 is 1.83 bits per heavy atom. The average molecular weight is 332 g/mol. The van der Waals surface area contributed by atoms with Crippen molar-refractivity contribution in [2.24, 2.45) is 0 Å². The molecule has 0 radical (unpaired) electrons. The van der Waals surface area contributed by atoms with Gasteiger partial charge >= 0.3 is 12.2 Å². The van der Waals surface area contributed by atoms with Gasteiger partial charge in [0.1, 0.15) is 0 Å². The van der Waals surface area contributed by atoms with Crippen molar-refractivity contribution in [2.75, 3.05) is 11.9 Å². The lowest BCUT2D eigenvalue weighted by Gasteiger charge is -2.06. The molecule has 124 valence electrons. The molecule has 0 aromatic heterocycles. The third kappa shape index (κ3) is 5.36. The molecule has 0 aliphatic rings. The molecule has 0 saturated heterocycles. The Morgan fingerprint density at radius 3 is 2.50 bits per heavy atom. The highest BCUT2D eigenvalue weighted by molar-refractivity contribution is 5.89. The number of anilines is 1. The zero-order valence-electron chi connectivity index (χ0n) is 12.9. The molecule has 0 bridgehead atoms. The van der Waals surface area contributed by atoms with E-state index in [4.69, 9.17) is 0 Å². The van der Waals surface area contributed by atoms with Crippen LogP contribution < -0.4 is 10.6 Å². The van der Waals surface area contributed by atoms with Gasteiger partial charge in [0.25, 0.3) is 0 Å². The standard InChI is InChI=1S/C18H15F3N2O/c1-13-7-9-16(10-8-13)23-17(24)22-11-3-5-14-4-2-6-15(12-14)18(19,20)21/h2,4,6-10,12H,11H2,1H3,(H2,22,23,24). The zero-order valence-corrected chi connectivity index (χ0v) is 12.9. The molecule has 2 rings (SSSR count). The van der Waals surface area contributed by atoms with Crippen LogP contribution in [0.3, 0.4) is 0 Å². The summed E-state index contributed by atoms with van der Waals surface area (Å²) in [6.07, 6.45) is -4.40. The first kappa shape index (κ1) is 17.4. The van der Waals surface area contributed by atoms with Crippen molar-refractivity contribution in [2.45, 2.75) is 13.1 Å². The van der Waals surface area contributed by atoms with Crippen molar-refractivity contribution >= 4 is 11.7 Å². The highest BCUT2D eigenvalue weighted by atomic mass is 19.4. The summed E-state index contributed by atoms with van der Waals surface area (Å²) in [7, 11) is 0. The smallest absolute Gasteiger partial charge is 0.327 e. The number of rotatable bonds is 2. The number of hydrogen-bond donors (Lipinski definition) is 2. The fourth-order valence-electron chi connectivity index (χ4n) is 1.86. The van der Waals surface area contributed by atoms with E-state index in [0.717, 1.165) is 17.7 Å². The van der Waals surface area contributed by atoms with Crippen LogP contribution in [0.5, 0.6) is 0 Å². The Morgan fingerprint density at radius 1 is 1.12 bits per heavy atom. The van der Waals surface area contributed by atoms with Gasteiger partial charge in [-0.3, -0.25) is 0 Å². The third-order valence-corrected chi connectivity index (χ3v) is 3.07.